The molecule has 2 rings (SSSR count). The molecule has 12 heteroatoms. The Labute approximate surface area is 152 Å². The van der Waals surface area contributed by atoms with E-state index < -0.39 is 23.7 Å². The van der Waals surface area contributed by atoms with Crippen molar-refractivity contribution in [3.8, 4) is 5.75 Å². The maximum absolute atomic E-state index is 12.8. The van der Waals surface area contributed by atoms with E-state index in [9.17, 15) is 22.8 Å². The molecule has 1 aromatic heterocycles. The number of urea groups is 1. The lowest BCUT2D eigenvalue weighted by atomic mass is 10.1. The summed E-state index contributed by atoms with van der Waals surface area (Å²) >= 11 is 0. The normalized spacial score (nSPS) is 11.0. The highest BCUT2D eigenvalue weighted by Crippen LogP contribution is 2.34. The van der Waals surface area contributed by atoms with Crippen LogP contribution in [0.4, 0.5) is 29.5 Å². The predicted octanol–water partition coefficient (Wildman–Crippen LogP) is 2.04. The van der Waals surface area contributed by atoms with Gasteiger partial charge in [0.05, 0.1) is 24.6 Å². The third kappa shape index (κ3) is 5.33. The number of aromatic nitrogens is 3. The van der Waals surface area contributed by atoms with Crippen molar-refractivity contribution < 1.29 is 27.5 Å². The second-order valence-electron chi connectivity index (χ2n) is 5.59. The number of anilines is 2. The van der Waals surface area contributed by atoms with Crippen LogP contribution in [-0.2, 0) is 17.5 Å². The Morgan fingerprint density at radius 2 is 1.96 bits per heavy atom. The summed E-state index contributed by atoms with van der Waals surface area (Å²) in [5.41, 5.74) is -1.05. The van der Waals surface area contributed by atoms with Crippen LogP contribution in [-0.4, -0.2) is 53.0 Å². The summed E-state index contributed by atoms with van der Waals surface area (Å²) in [5, 5.41) is 12.1. The molecular formula is C15H17F3N6O3. The maximum Gasteiger partial charge on any atom is 0.416 e. The van der Waals surface area contributed by atoms with Crippen LogP contribution < -0.4 is 15.4 Å². The number of halogens is 3. The Morgan fingerprint density at radius 3 is 2.56 bits per heavy atom. The molecule has 0 bridgehead atoms. The molecule has 3 amide bonds. The summed E-state index contributed by atoms with van der Waals surface area (Å²) < 4.78 is 44.6. The van der Waals surface area contributed by atoms with Crippen molar-refractivity contribution in [2.24, 2.45) is 0 Å². The standard InChI is InChI=1S/C15H17F3N6O3/c1-23(2)14(26)20-12-7-24(22-21-12)8-13(25)19-10-6-9(15(16,17)18)4-5-11(10)27-3/h4-7H,8H2,1-3H3,(H,19,25)(H,20,26). The summed E-state index contributed by atoms with van der Waals surface area (Å²) in [6.45, 7) is -0.329. The number of nitrogens with one attached hydrogen (secondary N) is 2. The largest absolute Gasteiger partial charge is 0.495 e. The summed E-state index contributed by atoms with van der Waals surface area (Å²) in [7, 11) is 4.35. The van der Waals surface area contributed by atoms with E-state index in [1.807, 2.05) is 0 Å². The molecule has 1 heterocycles. The van der Waals surface area contributed by atoms with Gasteiger partial charge in [-0.3, -0.25) is 10.1 Å². The minimum absolute atomic E-state index is 0.0777. The van der Waals surface area contributed by atoms with Gasteiger partial charge in [-0.1, -0.05) is 5.21 Å². The summed E-state index contributed by atoms with van der Waals surface area (Å²) in [4.78, 5) is 24.9. The van der Waals surface area contributed by atoms with Crippen molar-refractivity contribution in [1.29, 1.82) is 0 Å². The zero-order valence-corrected chi connectivity index (χ0v) is 14.7. The molecule has 27 heavy (non-hydrogen) atoms. The van der Waals surface area contributed by atoms with Crippen molar-refractivity contribution in [1.82, 2.24) is 19.9 Å². The van der Waals surface area contributed by atoms with Gasteiger partial charge in [0, 0.05) is 14.1 Å². The average molecular weight is 386 g/mol. The summed E-state index contributed by atoms with van der Waals surface area (Å²) in [6, 6.07) is 2.31. The van der Waals surface area contributed by atoms with Crippen LogP contribution >= 0.6 is 0 Å². The van der Waals surface area contributed by atoms with E-state index >= 15 is 0 Å². The number of ether oxygens (including phenoxy) is 1. The van der Waals surface area contributed by atoms with Crippen LogP contribution in [0, 0.1) is 0 Å². The van der Waals surface area contributed by atoms with Crippen molar-refractivity contribution >= 4 is 23.4 Å². The SMILES string of the molecule is COc1ccc(C(F)(F)F)cc1NC(=O)Cn1cc(NC(=O)N(C)C)nn1. The fourth-order valence-corrected chi connectivity index (χ4v) is 1.97. The topological polar surface area (TPSA) is 101 Å². The molecule has 1 aromatic carbocycles. The van der Waals surface area contributed by atoms with Gasteiger partial charge >= 0.3 is 12.2 Å². The molecule has 0 saturated carbocycles. The smallest absolute Gasteiger partial charge is 0.416 e. The predicted molar refractivity (Wildman–Crippen MR) is 89.4 cm³/mol. The number of carbonyl (C=O) groups is 2. The minimum atomic E-state index is -4.56. The first-order chi connectivity index (χ1) is 12.6. The van der Waals surface area contributed by atoms with Gasteiger partial charge in [0.15, 0.2) is 5.82 Å². The van der Waals surface area contributed by atoms with Crippen LogP contribution in [0.1, 0.15) is 5.56 Å². The fourth-order valence-electron chi connectivity index (χ4n) is 1.97. The monoisotopic (exact) mass is 386 g/mol. The number of hydrogen-bond acceptors (Lipinski definition) is 5. The van der Waals surface area contributed by atoms with Gasteiger partial charge in [0.25, 0.3) is 0 Å². The molecule has 0 aliphatic carbocycles. The zero-order chi connectivity index (χ0) is 20.2. The molecule has 0 aliphatic rings. The lowest BCUT2D eigenvalue weighted by molar-refractivity contribution is -0.137. The van der Waals surface area contributed by atoms with E-state index in [2.05, 4.69) is 20.9 Å². The molecular weight excluding hydrogens is 369 g/mol. The van der Waals surface area contributed by atoms with Crippen molar-refractivity contribution in [2.75, 3.05) is 31.8 Å². The molecule has 0 unspecified atom stereocenters. The van der Waals surface area contributed by atoms with Gasteiger partial charge in [0.1, 0.15) is 12.3 Å². The van der Waals surface area contributed by atoms with E-state index in [1.54, 1.807) is 0 Å². The molecule has 0 fully saturated rings. The number of methoxy groups -OCH3 is 1. The van der Waals surface area contributed by atoms with Crippen LogP contribution in [0.15, 0.2) is 24.4 Å². The van der Waals surface area contributed by atoms with Gasteiger partial charge in [-0.2, -0.15) is 13.2 Å². The lowest BCUT2D eigenvalue weighted by Crippen LogP contribution is -2.27. The van der Waals surface area contributed by atoms with Crippen LogP contribution in [0.25, 0.3) is 0 Å². The number of nitrogens with zero attached hydrogens (tertiary/aromatic N) is 4. The first kappa shape index (κ1) is 20.0. The second kappa shape index (κ2) is 7.93. The highest BCUT2D eigenvalue weighted by Gasteiger charge is 2.31. The molecule has 0 spiro atoms. The van der Waals surface area contributed by atoms with Gasteiger partial charge < -0.3 is 15.0 Å². The Balaban J connectivity index is 2.08. The molecule has 9 nitrogen and oxygen atoms in total. The van der Waals surface area contributed by atoms with Crippen LogP contribution in [0.3, 0.4) is 0 Å². The van der Waals surface area contributed by atoms with Crippen LogP contribution in [0.5, 0.6) is 5.75 Å². The van der Waals surface area contributed by atoms with E-state index in [0.29, 0.717) is 0 Å². The Bertz CT molecular complexity index is 834. The second-order valence-corrected chi connectivity index (χ2v) is 5.59. The molecule has 146 valence electrons. The molecule has 0 radical (unpaired) electrons. The first-order valence-corrected chi connectivity index (χ1v) is 7.53. The summed E-state index contributed by atoms with van der Waals surface area (Å²) in [6.07, 6.45) is -3.25. The number of hydrogen-bond donors (Lipinski definition) is 2. The van der Waals surface area contributed by atoms with Gasteiger partial charge in [-0.05, 0) is 18.2 Å². The number of rotatable bonds is 5. The Hall–Kier alpha value is -3.31. The van der Waals surface area contributed by atoms with Crippen molar-refractivity contribution in [2.45, 2.75) is 12.7 Å². The molecule has 0 saturated heterocycles. The minimum Gasteiger partial charge on any atom is -0.495 e. The number of carbonyl (C=O) groups excluding carboxylic acids is 2. The van der Waals surface area contributed by atoms with Crippen molar-refractivity contribution in [3.05, 3.63) is 30.0 Å². The van der Waals surface area contributed by atoms with Gasteiger partial charge in [-0.25, -0.2) is 9.48 Å². The number of alkyl halides is 3. The lowest BCUT2D eigenvalue weighted by Gasteiger charge is -2.13. The van der Waals surface area contributed by atoms with E-state index in [1.165, 1.54) is 32.3 Å². The fraction of sp³-hybridized carbons (Fsp3) is 0.333. The molecule has 2 aromatic rings. The average Bonchev–Trinajstić information content (AvgIpc) is 3.00. The molecule has 0 atom stereocenters. The van der Waals surface area contributed by atoms with E-state index in [0.717, 1.165) is 22.9 Å². The van der Waals surface area contributed by atoms with Crippen LogP contribution in [0.2, 0.25) is 0 Å². The summed E-state index contributed by atoms with van der Waals surface area (Å²) in [5.74, 6) is -0.449. The maximum atomic E-state index is 12.8. The molecule has 0 aliphatic heterocycles. The van der Waals surface area contributed by atoms with E-state index in [-0.39, 0.29) is 23.8 Å². The highest BCUT2D eigenvalue weighted by atomic mass is 19.4. The van der Waals surface area contributed by atoms with Crippen molar-refractivity contribution in [3.63, 3.8) is 0 Å². The Morgan fingerprint density at radius 1 is 1.26 bits per heavy atom. The zero-order valence-electron chi connectivity index (χ0n) is 14.7. The molecule has 2 N–H and O–H groups in total. The van der Waals surface area contributed by atoms with E-state index in [4.69, 9.17) is 4.74 Å². The third-order valence-corrected chi connectivity index (χ3v) is 3.29. The number of amides is 3. The van der Waals surface area contributed by atoms with Gasteiger partial charge in [-0.15, -0.1) is 5.10 Å². The Kier molecular flexibility index (Phi) is 5.88. The highest BCUT2D eigenvalue weighted by molar-refractivity contribution is 5.92. The number of benzene rings is 1. The van der Waals surface area contributed by atoms with Gasteiger partial charge in [0.2, 0.25) is 5.91 Å². The quantitative estimate of drug-likeness (QED) is 0.819. The third-order valence-electron chi connectivity index (χ3n) is 3.29. The first-order valence-electron chi connectivity index (χ1n) is 7.53.